The second-order valence-corrected chi connectivity index (χ2v) is 7.22. The summed E-state index contributed by atoms with van der Waals surface area (Å²) in [5.41, 5.74) is 0.813. The molecule has 2 rings (SSSR count). The molecule has 0 saturated carbocycles. The molecule has 0 bridgehead atoms. The van der Waals surface area contributed by atoms with Crippen LogP contribution in [-0.4, -0.2) is 66.1 Å². The third kappa shape index (κ3) is 7.31. The molecule has 0 radical (unpaired) electrons. The van der Waals surface area contributed by atoms with E-state index in [9.17, 15) is 14.7 Å². The summed E-state index contributed by atoms with van der Waals surface area (Å²) in [4.78, 5) is 28.9. The van der Waals surface area contributed by atoms with Crippen molar-refractivity contribution in [1.29, 1.82) is 0 Å². The number of hydrogen-bond acceptors (Lipinski definition) is 4. The number of aliphatic hydroxyl groups excluding tert-OH is 1. The van der Waals surface area contributed by atoms with Gasteiger partial charge in [-0.3, -0.25) is 14.5 Å². The molecule has 1 saturated heterocycles. The monoisotopic (exact) mass is 375 g/mol. The van der Waals surface area contributed by atoms with Crippen LogP contribution in [0.4, 0.5) is 5.69 Å². The van der Waals surface area contributed by atoms with E-state index in [-0.39, 0.29) is 24.3 Å². The minimum atomic E-state index is -0.0487. The van der Waals surface area contributed by atoms with Crippen molar-refractivity contribution in [1.82, 2.24) is 9.80 Å². The Morgan fingerprint density at radius 3 is 2.48 bits per heavy atom. The van der Waals surface area contributed by atoms with Gasteiger partial charge in [0.15, 0.2) is 0 Å². The molecule has 0 aliphatic carbocycles. The lowest BCUT2D eigenvalue weighted by atomic mass is 9.95. The van der Waals surface area contributed by atoms with Crippen LogP contribution in [0.25, 0.3) is 0 Å². The molecule has 2 N–H and O–H groups in total. The number of nitrogens with zero attached hydrogens (tertiary/aromatic N) is 2. The lowest BCUT2D eigenvalue weighted by molar-refractivity contribution is -0.135. The van der Waals surface area contributed by atoms with Gasteiger partial charge in [0.1, 0.15) is 0 Å². The van der Waals surface area contributed by atoms with Crippen LogP contribution in [0, 0.1) is 5.92 Å². The van der Waals surface area contributed by atoms with Gasteiger partial charge in [0.25, 0.3) is 0 Å². The highest BCUT2D eigenvalue weighted by atomic mass is 16.3. The molecule has 0 atom stereocenters. The minimum absolute atomic E-state index is 0.0368. The van der Waals surface area contributed by atoms with E-state index in [0.717, 1.165) is 31.5 Å². The number of hydrogen-bond donors (Lipinski definition) is 2. The van der Waals surface area contributed by atoms with Gasteiger partial charge in [0.2, 0.25) is 11.8 Å². The molecule has 0 spiro atoms. The Kier molecular flexibility index (Phi) is 9.28. The Bertz CT molecular complexity index is 571. The fraction of sp³-hybridized carbons (Fsp3) is 0.619. The number of amides is 2. The summed E-state index contributed by atoms with van der Waals surface area (Å²) in [6.07, 6.45) is 4.71. The molecule has 1 heterocycles. The fourth-order valence-electron chi connectivity index (χ4n) is 3.44. The van der Waals surface area contributed by atoms with Gasteiger partial charge >= 0.3 is 0 Å². The van der Waals surface area contributed by atoms with E-state index < -0.39 is 0 Å². The molecule has 1 fully saturated rings. The maximum atomic E-state index is 12.6. The molecule has 6 heteroatoms. The number of benzene rings is 1. The molecule has 150 valence electrons. The Balaban J connectivity index is 1.76. The molecule has 0 aromatic heterocycles. The first-order valence-electron chi connectivity index (χ1n) is 10.1. The SMILES string of the molecule is CCCCCN(CCO)CC(=O)N1CCC(C(=O)Nc2ccccc2)CC1. The van der Waals surface area contributed by atoms with Crippen LogP contribution in [-0.2, 0) is 9.59 Å². The summed E-state index contributed by atoms with van der Waals surface area (Å²) in [5.74, 6) is 0.0870. The third-order valence-electron chi connectivity index (χ3n) is 5.11. The maximum absolute atomic E-state index is 12.6. The Hall–Kier alpha value is -1.92. The van der Waals surface area contributed by atoms with E-state index in [2.05, 4.69) is 12.2 Å². The van der Waals surface area contributed by atoms with Gasteiger partial charge in [0.05, 0.1) is 13.2 Å². The van der Waals surface area contributed by atoms with Crippen molar-refractivity contribution >= 4 is 17.5 Å². The number of piperidine rings is 1. The van der Waals surface area contributed by atoms with Gasteiger partial charge in [0, 0.05) is 31.2 Å². The van der Waals surface area contributed by atoms with E-state index in [1.165, 1.54) is 0 Å². The van der Waals surface area contributed by atoms with Crippen molar-refractivity contribution in [3.05, 3.63) is 30.3 Å². The summed E-state index contributed by atoms with van der Waals surface area (Å²) in [7, 11) is 0. The molecule has 1 aromatic rings. The van der Waals surface area contributed by atoms with Crippen molar-refractivity contribution < 1.29 is 14.7 Å². The van der Waals surface area contributed by atoms with E-state index >= 15 is 0 Å². The summed E-state index contributed by atoms with van der Waals surface area (Å²) < 4.78 is 0. The van der Waals surface area contributed by atoms with Gasteiger partial charge in [-0.2, -0.15) is 0 Å². The molecular formula is C21H33N3O3. The minimum Gasteiger partial charge on any atom is -0.395 e. The van der Waals surface area contributed by atoms with E-state index in [4.69, 9.17) is 0 Å². The van der Waals surface area contributed by atoms with Crippen molar-refractivity contribution in [2.45, 2.75) is 39.0 Å². The van der Waals surface area contributed by atoms with Crippen molar-refractivity contribution in [3.63, 3.8) is 0 Å². The predicted molar refractivity (Wildman–Crippen MR) is 107 cm³/mol. The van der Waals surface area contributed by atoms with E-state index in [0.29, 0.717) is 39.0 Å². The largest absolute Gasteiger partial charge is 0.395 e. The number of carbonyl (C=O) groups excluding carboxylic acids is 2. The van der Waals surface area contributed by atoms with Gasteiger partial charge in [-0.1, -0.05) is 38.0 Å². The number of nitrogens with one attached hydrogen (secondary N) is 1. The quantitative estimate of drug-likeness (QED) is 0.616. The zero-order chi connectivity index (χ0) is 19.5. The second kappa shape index (κ2) is 11.7. The highest BCUT2D eigenvalue weighted by Gasteiger charge is 2.28. The average Bonchev–Trinajstić information content (AvgIpc) is 2.69. The number of unbranched alkanes of at least 4 members (excludes halogenated alkanes) is 2. The highest BCUT2D eigenvalue weighted by Crippen LogP contribution is 2.20. The molecule has 1 aliphatic heterocycles. The van der Waals surface area contributed by atoms with Crippen LogP contribution in [0.2, 0.25) is 0 Å². The smallest absolute Gasteiger partial charge is 0.236 e. The first-order valence-corrected chi connectivity index (χ1v) is 10.1. The number of aliphatic hydroxyl groups is 1. The first-order chi connectivity index (χ1) is 13.1. The summed E-state index contributed by atoms with van der Waals surface area (Å²) in [5, 5.41) is 12.2. The molecule has 0 unspecified atom stereocenters. The average molecular weight is 376 g/mol. The zero-order valence-electron chi connectivity index (χ0n) is 16.4. The standard InChI is InChI=1S/C21H33N3O3/c1-2-3-7-12-23(15-16-25)17-20(26)24-13-10-18(11-14-24)21(27)22-19-8-5-4-6-9-19/h4-6,8-9,18,25H,2-3,7,10-17H2,1H3,(H,22,27). The molecule has 1 aromatic carbocycles. The van der Waals surface area contributed by atoms with Gasteiger partial charge in [-0.25, -0.2) is 0 Å². The summed E-state index contributed by atoms with van der Waals surface area (Å²) in [6.45, 7) is 5.19. The maximum Gasteiger partial charge on any atom is 0.236 e. The Labute approximate surface area is 162 Å². The molecule has 6 nitrogen and oxygen atoms in total. The number of likely N-dealkylation sites (tertiary alicyclic amines) is 1. The van der Waals surface area contributed by atoms with E-state index in [1.54, 1.807) is 0 Å². The zero-order valence-corrected chi connectivity index (χ0v) is 16.4. The predicted octanol–water partition coefficient (Wildman–Crippen LogP) is 2.35. The first kappa shape index (κ1) is 21.4. The Morgan fingerprint density at radius 1 is 1.15 bits per heavy atom. The van der Waals surface area contributed by atoms with Gasteiger partial charge < -0.3 is 15.3 Å². The van der Waals surface area contributed by atoms with Crippen LogP contribution in [0.5, 0.6) is 0 Å². The van der Waals surface area contributed by atoms with Crippen LogP contribution < -0.4 is 5.32 Å². The topological polar surface area (TPSA) is 72.9 Å². The highest BCUT2D eigenvalue weighted by molar-refractivity contribution is 5.92. The number of anilines is 1. The second-order valence-electron chi connectivity index (χ2n) is 7.22. The van der Waals surface area contributed by atoms with Crippen LogP contribution in [0.15, 0.2) is 30.3 Å². The van der Waals surface area contributed by atoms with Crippen LogP contribution in [0.3, 0.4) is 0 Å². The van der Waals surface area contributed by atoms with Crippen molar-refractivity contribution in [3.8, 4) is 0 Å². The van der Waals surface area contributed by atoms with Crippen LogP contribution >= 0.6 is 0 Å². The summed E-state index contributed by atoms with van der Waals surface area (Å²) >= 11 is 0. The number of rotatable bonds is 10. The Morgan fingerprint density at radius 2 is 1.85 bits per heavy atom. The number of carbonyl (C=O) groups is 2. The third-order valence-corrected chi connectivity index (χ3v) is 5.11. The fourth-order valence-corrected chi connectivity index (χ4v) is 3.44. The molecular weight excluding hydrogens is 342 g/mol. The van der Waals surface area contributed by atoms with Gasteiger partial charge in [-0.05, 0) is 37.9 Å². The molecule has 2 amide bonds. The molecule has 27 heavy (non-hydrogen) atoms. The van der Waals surface area contributed by atoms with Gasteiger partial charge in [-0.15, -0.1) is 0 Å². The van der Waals surface area contributed by atoms with E-state index in [1.807, 2.05) is 40.1 Å². The van der Waals surface area contributed by atoms with Crippen molar-refractivity contribution in [2.24, 2.45) is 5.92 Å². The summed E-state index contributed by atoms with van der Waals surface area (Å²) in [6, 6.07) is 9.48. The molecule has 1 aliphatic rings. The normalized spacial score (nSPS) is 15.1. The van der Waals surface area contributed by atoms with Crippen molar-refractivity contribution in [2.75, 3.05) is 44.6 Å². The number of para-hydroxylation sites is 1. The lowest BCUT2D eigenvalue weighted by Crippen LogP contribution is -2.46. The van der Waals surface area contributed by atoms with Crippen LogP contribution in [0.1, 0.15) is 39.0 Å². The lowest BCUT2D eigenvalue weighted by Gasteiger charge is -2.33.